The monoisotopic (exact) mass is 290 g/mol. The molecule has 2 rings (SSSR count). The zero-order valence-electron chi connectivity index (χ0n) is 13.0. The van der Waals surface area contributed by atoms with Crippen LogP contribution in [0.2, 0.25) is 0 Å². The second kappa shape index (κ2) is 6.48. The zero-order chi connectivity index (χ0) is 15.5. The summed E-state index contributed by atoms with van der Waals surface area (Å²) < 4.78 is 0. The van der Waals surface area contributed by atoms with E-state index in [9.17, 15) is 9.90 Å². The predicted octanol–water partition coefficient (Wildman–Crippen LogP) is 3.25. The lowest BCUT2D eigenvalue weighted by atomic mass is 9.79. The van der Waals surface area contributed by atoms with Crippen LogP contribution >= 0.6 is 0 Å². The second-order valence-electron chi connectivity index (χ2n) is 6.26. The highest BCUT2D eigenvalue weighted by Gasteiger charge is 2.37. The molecule has 1 aliphatic carbocycles. The highest BCUT2D eigenvalue weighted by atomic mass is 16.3. The Morgan fingerprint density at radius 1 is 1.24 bits per heavy atom. The van der Waals surface area contributed by atoms with Gasteiger partial charge in [0.1, 0.15) is 5.75 Å². The molecule has 1 fully saturated rings. The minimum Gasteiger partial charge on any atom is -0.507 e. The fourth-order valence-electron chi connectivity index (χ4n) is 3.16. The molecule has 0 heterocycles. The molecule has 0 radical (unpaired) electrons. The summed E-state index contributed by atoms with van der Waals surface area (Å²) in [4.78, 5) is 12.7. The molecule has 116 valence electrons. The van der Waals surface area contributed by atoms with Gasteiger partial charge in [-0.3, -0.25) is 4.79 Å². The molecule has 4 heteroatoms. The van der Waals surface area contributed by atoms with Gasteiger partial charge in [-0.1, -0.05) is 31.7 Å². The van der Waals surface area contributed by atoms with Crippen molar-refractivity contribution in [2.24, 2.45) is 11.1 Å². The molecule has 1 aliphatic rings. The third-order valence-electron chi connectivity index (χ3n) is 4.81. The fourth-order valence-corrected chi connectivity index (χ4v) is 3.16. The van der Waals surface area contributed by atoms with Gasteiger partial charge in [-0.05, 0) is 38.3 Å². The summed E-state index contributed by atoms with van der Waals surface area (Å²) in [5, 5.41) is 13.0. The van der Waals surface area contributed by atoms with Crippen molar-refractivity contribution in [3.05, 3.63) is 23.3 Å². The summed E-state index contributed by atoms with van der Waals surface area (Å²) in [6.07, 6.45) is 6.18. The summed E-state index contributed by atoms with van der Waals surface area (Å²) in [5.74, 6) is 0.244. The Kier molecular flexibility index (Phi) is 4.88. The molecule has 0 aromatic heterocycles. The van der Waals surface area contributed by atoms with Crippen LogP contribution in [0.15, 0.2) is 12.1 Å². The number of nitrogens with one attached hydrogen (secondary N) is 1. The summed E-state index contributed by atoms with van der Waals surface area (Å²) in [6.45, 7) is 4.05. The molecular weight excluding hydrogens is 264 g/mol. The van der Waals surface area contributed by atoms with E-state index in [4.69, 9.17) is 5.73 Å². The van der Waals surface area contributed by atoms with Crippen LogP contribution in [-0.4, -0.2) is 17.6 Å². The van der Waals surface area contributed by atoms with E-state index in [0.29, 0.717) is 17.8 Å². The zero-order valence-corrected chi connectivity index (χ0v) is 13.0. The Balaban J connectivity index is 2.21. The summed E-state index contributed by atoms with van der Waals surface area (Å²) in [7, 11) is 0. The molecule has 0 spiro atoms. The van der Waals surface area contributed by atoms with Gasteiger partial charge in [0.15, 0.2) is 0 Å². The Hall–Kier alpha value is -1.55. The van der Waals surface area contributed by atoms with Crippen molar-refractivity contribution >= 4 is 11.6 Å². The average molecular weight is 290 g/mol. The van der Waals surface area contributed by atoms with Crippen molar-refractivity contribution in [2.75, 3.05) is 11.9 Å². The van der Waals surface area contributed by atoms with Crippen molar-refractivity contribution in [3.8, 4) is 5.75 Å². The van der Waals surface area contributed by atoms with Crippen LogP contribution in [0.3, 0.4) is 0 Å². The molecule has 1 amide bonds. The smallest absolute Gasteiger partial charge is 0.231 e. The normalized spacial score (nSPS) is 18.0. The van der Waals surface area contributed by atoms with Crippen LogP contribution in [0, 0.1) is 19.3 Å². The molecule has 0 bridgehead atoms. The third-order valence-corrected chi connectivity index (χ3v) is 4.81. The minimum absolute atomic E-state index is 0.00162. The van der Waals surface area contributed by atoms with Crippen molar-refractivity contribution in [1.29, 1.82) is 0 Å². The highest BCUT2D eigenvalue weighted by Crippen LogP contribution is 2.36. The van der Waals surface area contributed by atoms with E-state index >= 15 is 0 Å². The van der Waals surface area contributed by atoms with E-state index < -0.39 is 5.41 Å². The molecular formula is C17H26N2O2. The van der Waals surface area contributed by atoms with Crippen molar-refractivity contribution < 1.29 is 9.90 Å². The van der Waals surface area contributed by atoms with Gasteiger partial charge in [0, 0.05) is 17.8 Å². The first-order valence-corrected chi connectivity index (χ1v) is 7.81. The second-order valence-corrected chi connectivity index (χ2v) is 6.26. The Morgan fingerprint density at radius 3 is 2.43 bits per heavy atom. The molecule has 1 aromatic carbocycles. The molecule has 0 atom stereocenters. The Labute approximate surface area is 126 Å². The largest absolute Gasteiger partial charge is 0.507 e. The minimum atomic E-state index is -0.455. The number of aromatic hydroxyl groups is 1. The van der Waals surface area contributed by atoms with E-state index in [2.05, 4.69) is 5.32 Å². The number of hydrogen-bond donors (Lipinski definition) is 3. The molecule has 0 unspecified atom stereocenters. The first-order chi connectivity index (χ1) is 10.00. The molecule has 0 aliphatic heterocycles. The Bertz CT molecular complexity index is 518. The number of amides is 1. The highest BCUT2D eigenvalue weighted by molar-refractivity contribution is 5.96. The lowest BCUT2D eigenvalue weighted by molar-refractivity contribution is -0.125. The van der Waals surface area contributed by atoms with Gasteiger partial charge in [-0.15, -0.1) is 0 Å². The molecule has 4 N–H and O–H groups in total. The predicted molar refractivity (Wildman–Crippen MR) is 85.4 cm³/mol. The fraction of sp³-hybridized carbons (Fsp3) is 0.588. The van der Waals surface area contributed by atoms with E-state index in [0.717, 1.165) is 31.2 Å². The van der Waals surface area contributed by atoms with Crippen LogP contribution < -0.4 is 11.1 Å². The van der Waals surface area contributed by atoms with Crippen LogP contribution in [0.25, 0.3) is 0 Å². The first kappa shape index (κ1) is 15.8. The molecule has 0 saturated heterocycles. The number of hydrogen-bond acceptors (Lipinski definition) is 3. The van der Waals surface area contributed by atoms with Crippen LogP contribution in [-0.2, 0) is 4.79 Å². The quantitative estimate of drug-likeness (QED) is 0.748. The standard InChI is InChI=1S/C17H26N2O2/c1-12-7-8-14(13(2)15(12)20)19-16(21)17(11-18)9-5-3-4-6-10-17/h7-8,20H,3-6,9-11,18H2,1-2H3,(H,19,21). The molecule has 4 nitrogen and oxygen atoms in total. The SMILES string of the molecule is Cc1ccc(NC(=O)C2(CN)CCCCCC2)c(C)c1O. The number of phenols is 1. The van der Waals surface area contributed by atoms with E-state index in [-0.39, 0.29) is 11.7 Å². The maximum absolute atomic E-state index is 12.7. The number of nitrogens with two attached hydrogens (primary N) is 1. The Morgan fingerprint density at radius 2 is 1.86 bits per heavy atom. The van der Waals surface area contributed by atoms with Gasteiger partial charge in [-0.25, -0.2) is 0 Å². The number of carbonyl (C=O) groups is 1. The summed E-state index contributed by atoms with van der Waals surface area (Å²) >= 11 is 0. The summed E-state index contributed by atoms with van der Waals surface area (Å²) in [6, 6.07) is 3.67. The van der Waals surface area contributed by atoms with Gasteiger partial charge in [0.05, 0.1) is 5.41 Å². The van der Waals surface area contributed by atoms with E-state index in [1.165, 1.54) is 12.8 Å². The van der Waals surface area contributed by atoms with Gasteiger partial charge >= 0.3 is 0 Å². The summed E-state index contributed by atoms with van der Waals surface area (Å²) in [5.41, 5.74) is 7.70. The maximum Gasteiger partial charge on any atom is 0.231 e. The van der Waals surface area contributed by atoms with Gasteiger partial charge in [0.25, 0.3) is 0 Å². The molecule has 1 aromatic rings. The third kappa shape index (κ3) is 3.21. The topological polar surface area (TPSA) is 75.4 Å². The van der Waals surface area contributed by atoms with Crippen LogP contribution in [0.5, 0.6) is 5.75 Å². The lowest BCUT2D eigenvalue weighted by Crippen LogP contribution is -2.42. The maximum atomic E-state index is 12.7. The average Bonchev–Trinajstić information content (AvgIpc) is 2.74. The number of carbonyl (C=O) groups excluding carboxylic acids is 1. The number of aryl methyl sites for hydroxylation is 1. The number of rotatable bonds is 3. The van der Waals surface area contributed by atoms with Crippen molar-refractivity contribution in [1.82, 2.24) is 0 Å². The van der Waals surface area contributed by atoms with Gasteiger partial charge in [-0.2, -0.15) is 0 Å². The van der Waals surface area contributed by atoms with E-state index in [1.807, 2.05) is 26.0 Å². The lowest BCUT2D eigenvalue weighted by Gasteiger charge is -2.30. The van der Waals surface area contributed by atoms with Crippen molar-refractivity contribution in [3.63, 3.8) is 0 Å². The number of anilines is 1. The molecule has 1 saturated carbocycles. The first-order valence-electron chi connectivity index (χ1n) is 7.81. The van der Waals surface area contributed by atoms with Crippen LogP contribution in [0.4, 0.5) is 5.69 Å². The number of phenolic OH excluding ortho intramolecular Hbond substituents is 1. The van der Waals surface area contributed by atoms with E-state index in [1.54, 1.807) is 0 Å². The van der Waals surface area contributed by atoms with Crippen LogP contribution in [0.1, 0.15) is 49.7 Å². The van der Waals surface area contributed by atoms with Gasteiger partial charge < -0.3 is 16.2 Å². The molecule has 21 heavy (non-hydrogen) atoms. The number of benzene rings is 1. The van der Waals surface area contributed by atoms with Gasteiger partial charge in [0.2, 0.25) is 5.91 Å². The van der Waals surface area contributed by atoms with Crippen molar-refractivity contribution in [2.45, 2.75) is 52.4 Å².